The number of hydrogen-bond donors (Lipinski definition) is 0. The molecule has 0 N–H and O–H groups in total. The summed E-state index contributed by atoms with van der Waals surface area (Å²) in [6.07, 6.45) is 0.334. The fraction of sp³-hybridized carbons (Fsp3) is 0.556. The third-order valence-electron chi connectivity index (χ3n) is 1.85. The van der Waals surface area contributed by atoms with Gasteiger partial charge in [0.1, 0.15) is 0 Å². The van der Waals surface area contributed by atoms with Crippen molar-refractivity contribution in [3.63, 3.8) is 0 Å². The summed E-state index contributed by atoms with van der Waals surface area (Å²) in [5.41, 5.74) is 1.02. The molecule has 1 aliphatic carbocycles. The van der Waals surface area contributed by atoms with Crippen LogP contribution in [0.3, 0.4) is 0 Å². The van der Waals surface area contributed by atoms with E-state index in [-0.39, 0.29) is 12.5 Å². The zero-order valence-corrected chi connectivity index (χ0v) is 7.54. The Morgan fingerprint density at radius 1 is 1.54 bits per heavy atom. The molecular formula is C9H12O4. The predicted molar refractivity (Wildman–Crippen MR) is 45.0 cm³/mol. The topological polar surface area (TPSA) is 52.6 Å². The Hall–Kier alpha value is -1.32. The smallest absolute Gasteiger partial charge is 0.434 e. The van der Waals surface area contributed by atoms with Crippen molar-refractivity contribution in [2.24, 2.45) is 5.92 Å². The Balaban J connectivity index is 2.25. The molecular weight excluding hydrogens is 172 g/mol. The van der Waals surface area contributed by atoms with Crippen LogP contribution in [0.25, 0.3) is 0 Å². The first-order chi connectivity index (χ1) is 6.13. The molecule has 0 bridgehead atoms. The number of hydrogen-bond acceptors (Lipinski definition) is 4. The lowest BCUT2D eigenvalue weighted by molar-refractivity contribution is -0.145. The molecule has 0 radical (unpaired) electrons. The van der Waals surface area contributed by atoms with Gasteiger partial charge in [-0.05, 0) is 19.8 Å². The molecule has 0 aromatic heterocycles. The average molecular weight is 184 g/mol. The van der Waals surface area contributed by atoms with Gasteiger partial charge in [0.25, 0.3) is 0 Å². The summed E-state index contributed by atoms with van der Waals surface area (Å²) in [4.78, 5) is 21.8. The van der Waals surface area contributed by atoms with Crippen molar-refractivity contribution in [1.82, 2.24) is 0 Å². The summed E-state index contributed by atoms with van der Waals surface area (Å²) in [7, 11) is 0. The highest BCUT2D eigenvalue weighted by molar-refractivity contribution is 5.84. The van der Waals surface area contributed by atoms with Crippen LogP contribution in [0.2, 0.25) is 0 Å². The van der Waals surface area contributed by atoms with Crippen molar-refractivity contribution in [3.05, 3.63) is 12.2 Å². The summed E-state index contributed by atoms with van der Waals surface area (Å²) in [5.74, 6) is -0.706. The van der Waals surface area contributed by atoms with Crippen LogP contribution in [0.4, 0.5) is 4.79 Å². The molecule has 4 nitrogen and oxygen atoms in total. The molecule has 13 heavy (non-hydrogen) atoms. The van der Waals surface area contributed by atoms with E-state index in [9.17, 15) is 9.59 Å². The van der Waals surface area contributed by atoms with Crippen LogP contribution in [0.5, 0.6) is 0 Å². The van der Waals surface area contributed by atoms with E-state index in [0.717, 1.165) is 5.57 Å². The molecule has 0 heterocycles. The molecule has 0 aromatic rings. The zero-order valence-electron chi connectivity index (χ0n) is 7.54. The summed E-state index contributed by atoms with van der Waals surface area (Å²) in [5, 5.41) is 0. The first-order valence-corrected chi connectivity index (χ1v) is 4.18. The minimum Gasteiger partial charge on any atom is -0.434 e. The molecule has 1 fully saturated rings. The third-order valence-corrected chi connectivity index (χ3v) is 1.85. The lowest BCUT2D eigenvalue weighted by Gasteiger charge is -2.25. The Bertz CT molecular complexity index is 236. The lowest BCUT2D eigenvalue weighted by atomic mass is 9.81. The normalized spacial score (nSPS) is 16.2. The molecule has 0 amide bonds. The monoisotopic (exact) mass is 184 g/mol. The molecule has 0 aliphatic heterocycles. The zero-order chi connectivity index (χ0) is 9.84. The van der Waals surface area contributed by atoms with Gasteiger partial charge in [-0.2, -0.15) is 0 Å². The molecule has 0 spiro atoms. The van der Waals surface area contributed by atoms with E-state index in [4.69, 9.17) is 0 Å². The third kappa shape index (κ3) is 2.57. The van der Waals surface area contributed by atoms with Gasteiger partial charge in [-0.1, -0.05) is 12.2 Å². The molecule has 0 aromatic carbocycles. The maximum Gasteiger partial charge on any atom is 0.516 e. The molecule has 72 valence electrons. The van der Waals surface area contributed by atoms with Gasteiger partial charge in [0.2, 0.25) is 0 Å². The number of ether oxygens (including phenoxy) is 2. The summed E-state index contributed by atoms with van der Waals surface area (Å²) >= 11 is 0. The quantitative estimate of drug-likeness (QED) is 0.372. The first-order valence-electron chi connectivity index (χ1n) is 4.18. The molecule has 0 unspecified atom stereocenters. The van der Waals surface area contributed by atoms with Gasteiger partial charge >= 0.3 is 12.1 Å². The standard InChI is InChI=1S/C9H12O4/c1-3-12-9(11)13-8(10)7-4-6(2)5-7/h7H,2-5H2,1H3. The number of allylic oxidation sites excluding steroid dienone is 1. The highest BCUT2D eigenvalue weighted by Gasteiger charge is 2.31. The maximum absolute atomic E-state index is 11.1. The van der Waals surface area contributed by atoms with Gasteiger partial charge in [-0.15, -0.1) is 0 Å². The highest BCUT2D eigenvalue weighted by Crippen LogP contribution is 2.32. The van der Waals surface area contributed by atoms with Crippen molar-refractivity contribution in [3.8, 4) is 0 Å². The fourth-order valence-electron chi connectivity index (χ4n) is 1.12. The van der Waals surface area contributed by atoms with E-state index in [1.807, 2.05) is 0 Å². The second-order valence-electron chi connectivity index (χ2n) is 2.96. The van der Waals surface area contributed by atoms with Crippen molar-refractivity contribution < 1.29 is 19.1 Å². The number of carbonyl (C=O) groups is 2. The Kier molecular flexibility index (Phi) is 3.06. The second-order valence-corrected chi connectivity index (χ2v) is 2.96. The second kappa shape index (κ2) is 4.07. The van der Waals surface area contributed by atoms with E-state index in [2.05, 4.69) is 16.1 Å². The van der Waals surface area contributed by atoms with Gasteiger partial charge in [0.15, 0.2) is 0 Å². The molecule has 1 rings (SSSR count). The van der Waals surface area contributed by atoms with Crippen molar-refractivity contribution >= 4 is 12.1 Å². The SMILES string of the molecule is C=C1CC(C(=O)OC(=O)OCC)C1. The van der Waals surface area contributed by atoms with Crippen LogP contribution in [0.15, 0.2) is 12.2 Å². The number of carbonyl (C=O) groups excluding carboxylic acids is 2. The Morgan fingerprint density at radius 3 is 2.62 bits per heavy atom. The number of rotatable bonds is 2. The average Bonchev–Trinajstić information content (AvgIpc) is 1.99. The van der Waals surface area contributed by atoms with Crippen LogP contribution >= 0.6 is 0 Å². The lowest BCUT2D eigenvalue weighted by Crippen LogP contribution is -2.28. The molecule has 0 saturated heterocycles. The largest absolute Gasteiger partial charge is 0.516 e. The van der Waals surface area contributed by atoms with E-state index in [1.165, 1.54) is 0 Å². The minimum atomic E-state index is -0.912. The van der Waals surface area contributed by atoms with Crippen molar-refractivity contribution in [2.45, 2.75) is 19.8 Å². The Labute approximate surface area is 76.5 Å². The van der Waals surface area contributed by atoms with Crippen LogP contribution in [-0.4, -0.2) is 18.7 Å². The molecule has 1 saturated carbocycles. The van der Waals surface area contributed by atoms with Gasteiger partial charge in [-0.3, -0.25) is 4.79 Å². The van der Waals surface area contributed by atoms with E-state index in [1.54, 1.807) is 6.92 Å². The number of esters is 1. The maximum atomic E-state index is 11.1. The van der Waals surface area contributed by atoms with Gasteiger partial charge < -0.3 is 9.47 Å². The van der Waals surface area contributed by atoms with E-state index < -0.39 is 12.1 Å². The summed E-state index contributed by atoms with van der Waals surface area (Å²) in [6, 6.07) is 0. The van der Waals surface area contributed by atoms with Crippen molar-refractivity contribution in [1.29, 1.82) is 0 Å². The molecule has 1 aliphatic rings. The molecule has 0 atom stereocenters. The Morgan fingerprint density at radius 2 is 2.15 bits per heavy atom. The van der Waals surface area contributed by atoms with Gasteiger partial charge in [-0.25, -0.2) is 4.79 Å². The predicted octanol–water partition coefficient (Wildman–Crippen LogP) is 1.65. The fourth-order valence-corrected chi connectivity index (χ4v) is 1.12. The van der Waals surface area contributed by atoms with E-state index >= 15 is 0 Å². The summed E-state index contributed by atoms with van der Waals surface area (Å²) in [6.45, 7) is 5.55. The van der Waals surface area contributed by atoms with Crippen LogP contribution in [0, 0.1) is 5.92 Å². The minimum absolute atomic E-state index is 0.197. The van der Waals surface area contributed by atoms with Crippen LogP contribution in [-0.2, 0) is 14.3 Å². The highest BCUT2D eigenvalue weighted by atomic mass is 16.7. The summed E-state index contributed by atoms with van der Waals surface area (Å²) < 4.78 is 8.86. The van der Waals surface area contributed by atoms with Crippen LogP contribution in [0.1, 0.15) is 19.8 Å². The molecule has 4 heteroatoms. The van der Waals surface area contributed by atoms with Crippen LogP contribution < -0.4 is 0 Å². The first kappa shape index (κ1) is 9.77. The van der Waals surface area contributed by atoms with E-state index in [0.29, 0.717) is 12.8 Å². The van der Waals surface area contributed by atoms with Crippen molar-refractivity contribution in [2.75, 3.05) is 6.61 Å². The van der Waals surface area contributed by atoms with Gasteiger partial charge in [0.05, 0.1) is 12.5 Å². The van der Waals surface area contributed by atoms with Gasteiger partial charge in [0, 0.05) is 0 Å².